The summed E-state index contributed by atoms with van der Waals surface area (Å²) in [5, 5.41) is 9.94. The molecule has 61 heavy (non-hydrogen) atoms. The fraction of sp³-hybridized carbons (Fsp3) is 0. The third kappa shape index (κ3) is 4.98. The van der Waals surface area contributed by atoms with Crippen LogP contribution in [-0.4, -0.2) is 13.7 Å². The van der Waals surface area contributed by atoms with E-state index in [1.54, 1.807) is 0 Å². The lowest BCUT2D eigenvalue weighted by atomic mass is 9.95. The first-order valence-corrected chi connectivity index (χ1v) is 21.0. The van der Waals surface area contributed by atoms with Crippen LogP contribution in [0, 0.1) is 0 Å². The predicted octanol–water partition coefficient (Wildman–Crippen LogP) is 15.5. The highest BCUT2D eigenvalue weighted by Gasteiger charge is 2.22. The Kier molecular flexibility index (Phi) is 7.31. The minimum atomic E-state index is 1.14. The molecule has 284 valence electrons. The molecule has 0 aliphatic heterocycles. The van der Waals surface area contributed by atoms with E-state index in [-0.39, 0.29) is 0 Å². The van der Waals surface area contributed by atoms with Gasteiger partial charge in [0, 0.05) is 49.1 Å². The second kappa shape index (κ2) is 13.2. The van der Waals surface area contributed by atoms with Gasteiger partial charge in [0.25, 0.3) is 0 Å². The van der Waals surface area contributed by atoms with Gasteiger partial charge in [-0.2, -0.15) is 0 Å². The monoisotopic (exact) mass is 775 g/mol. The molecule has 0 aliphatic carbocycles. The van der Waals surface area contributed by atoms with Crippen LogP contribution in [-0.2, 0) is 0 Å². The molecule has 0 saturated heterocycles. The maximum atomic E-state index is 2.47. The van der Waals surface area contributed by atoms with Crippen molar-refractivity contribution in [3.05, 3.63) is 224 Å². The topological polar surface area (TPSA) is 14.8 Å². The highest BCUT2D eigenvalue weighted by molar-refractivity contribution is 6.23. The molecule has 0 amide bonds. The molecular weight excluding hydrogens is 739 g/mol. The average molecular weight is 776 g/mol. The highest BCUT2D eigenvalue weighted by Crippen LogP contribution is 2.45. The highest BCUT2D eigenvalue weighted by atomic mass is 15.0. The van der Waals surface area contributed by atoms with Crippen molar-refractivity contribution in [2.24, 2.45) is 0 Å². The normalized spacial score (nSPS) is 11.9. The molecule has 0 aliphatic rings. The van der Waals surface area contributed by atoms with Crippen LogP contribution < -0.4 is 0 Å². The molecular formula is C58H37N3. The molecule has 3 aromatic heterocycles. The van der Waals surface area contributed by atoms with Gasteiger partial charge < -0.3 is 13.7 Å². The fourth-order valence-electron chi connectivity index (χ4n) is 10.2. The Hall–Kier alpha value is -8.14. The third-order valence-corrected chi connectivity index (χ3v) is 12.8. The molecule has 3 heterocycles. The van der Waals surface area contributed by atoms with Crippen LogP contribution in [0.1, 0.15) is 0 Å². The van der Waals surface area contributed by atoms with Crippen LogP contribution in [0.15, 0.2) is 224 Å². The van der Waals surface area contributed by atoms with E-state index in [9.17, 15) is 0 Å². The van der Waals surface area contributed by atoms with Crippen molar-refractivity contribution in [1.29, 1.82) is 0 Å². The molecule has 0 bridgehead atoms. The van der Waals surface area contributed by atoms with Crippen molar-refractivity contribution >= 4 is 76.2 Å². The molecule has 0 saturated carbocycles. The Morgan fingerprint density at radius 3 is 1.46 bits per heavy atom. The molecule has 13 aromatic rings. The first kappa shape index (κ1) is 33.8. The molecule has 0 radical (unpaired) electrons. The quantitative estimate of drug-likeness (QED) is 0.165. The Morgan fingerprint density at radius 2 is 0.738 bits per heavy atom. The Labute approximate surface area is 352 Å². The van der Waals surface area contributed by atoms with Gasteiger partial charge in [0.15, 0.2) is 0 Å². The average Bonchev–Trinajstić information content (AvgIpc) is 3.97. The summed E-state index contributed by atoms with van der Waals surface area (Å²) in [4.78, 5) is 0. The lowest BCUT2D eigenvalue weighted by Crippen LogP contribution is -1.96. The summed E-state index contributed by atoms with van der Waals surface area (Å²) >= 11 is 0. The number of hydrogen-bond acceptors (Lipinski definition) is 0. The van der Waals surface area contributed by atoms with Crippen molar-refractivity contribution in [3.8, 4) is 39.3 Å². The van der Waals surface area contributed by atoms with Crippen molar-refractivity contribution < 1.29 is 0 Å². The standard InChI is InChI=1S/C58H37N3/c1-3-16-38(17-4-1)40-32-34-53-48(36-40)49-37-42(33-35-54(49)59(53)41-20-5-2-6-21-41)60-51-27-11-9-23-46(51)57-44(25-14-30-55(57)60)45-26-15-31-56-58(45)47-24-10-12-28-52(47)61(56)50-29-13-19-39-18-7-8-22-43(39)50/h1-37H. The van der Waals surface area contributed by atoms with Gasteiger partial charge >= 0.3 is 0 Å². The van der Waals surface area contributed by atoms with Crippen LogP contribution >= 0.6 is 0 Å². The number of benzene rings is 10. The maximum Gasteiger partial charge on any atom is 0.0547 e. The van der Waals surface area contributed by atoms with Crippen molar-refractivity contribution in [2.45, 2.75) is 0 Å². The van der Waals surface area contributed by atoms with Gasteiger partial charge in [0.1, 0.15) is 0 Å². The summed E-state index contributed by atoms with van der Waals surface area (Å²) in [6.07, 6.45) is 0. The summed E-state index contributed by atoms with van der Waals surface area (Å²) in [5.74, 6) is 0. The smallest absolute Gasteiger partial charge is 0.0547 e. The molecule has 0 unspecified atom stereocenters. The van der Waals surface area contributed by atoms with Crippen molar-refractivity contribution in [2.75, 3.05) is 0 Å². The molecule has 3 nitrogen and oxygen atoms in total. The van der Waals surface area contributed by atoms with E-state index in [0.717, 1.165) is 11.4 Å². The lowest BCUT2D eigenvalue weighted by Gasteiger charge is -2.12. The van der Waals surface area contributed by atoms with E-state index >= 15 is 0 Å². The first-order chi connectivity index (χ1) is 30.3. The minimum Gasteiger partial charge on any atom is -0.309 e. The second-order valence-electron chi connectivity index (χ2n) is 16.1. The predicted molar refractivity (Wildman–Crippen MR) is 258 cm³/mol. The van der Waals surface area contributed by atoms with Crippen molar-refractivity contribution in [3.63, 3.8) is 0 Å². The maximum absolute atomic E-state index is 2.47. The van der Waals surface area contributed by atoms with Crippen LogP contribution in [0.3, 0.4) is 0 Å². The van der Waals surface area contributed by atoms with Gasteiger partial charge in [-0.25, -0.2) is 0 Å². The van der Waals surface area contributed by atoms with Gasteiger partial charge in [-0.3, -0.25) is 0 Å². The van der Waals surface area contributed by atoms with Crippen molar-refractivity contribution in [1.82, 2.24) is 13.7 Å². The van der Waals surface area contributed by atoms with Gasteiger partial charge in [-0.05, 0) is 100 Å². The van der Waals surface area contributed by atoms with E-state index < -0.39 is 0 Å². The summed E-state index contributed by atoms with van der Waals surface area (Å²) in [7, 11) is 0. The lowest BCUT2D eigenvalue weighted by molar-refractivity contribution is 1.17. The van der Waals surface area contributed by atoms with E-state index in [1.807, 2.05) is 0 Å². The zero-order valence-corrected chi connectivity index (χ0v) is 33.2. The third-order valence-electron chi connectivity index (χ3n) is 12.8. The minimum absolute atomic E-state index is 1.14. The molecule has 0 atom stereocenters. The molecule has 0 N–H and O–H groups in total. The largest absolute Gasteiger partial charge is 0.309 e. The number of rotatable bonds is 5. The van der Waals surface area contributed by atoms with E-state index in [1.165, 1.54) is 104 Å². The first-order valence-electron chi connectivity index (χ1n) is 21.0. The number of fused-ring (bicyclic) bond motifs is 10. The molecule has 10 aromatic carbocycles. The van der Waals surface area contributed by atoms with Crippen LogP contribution in [0.2, 0.25) is 0 Å². The fourth-order valence-corrected chi connectivity index (χ4v) is 10.2. The molecule has 3 heteroatoms. The number of hydrogen-bond donors (Lipinski definition) is 0. The van der Waals surface area contributed by atoms with Crippen LogP contribution in [0.4, 0.5) is 0 Å². The van der Waals surface area contributed by atoms with Gasteiger partial charge in [0.05, 0.1) is 38.8 Å². The van der Waals surface area contributed by atoms with Crippen LogP contribution in [0.25, 0.3) is 116 Å². The Morgan fingerprint density at radius 1 is 0.246 bits per heavy atom. The molecule has 0 spiro atoms. The number of nitrogens with zero attached hydrogens (tertiary/aromatic N) is 3. The zero-order valence-electron chi connectivity index (χ0n) is 33.2. The van der Waals surface area contributed by atoms with E-state index in [2.05, 4.69) is 238 Å². The summed E-state index contributed by atoms with van der Waals surface area (Å²) in [6.45, 7) is 0. The Balaban J connectivity index is 1.07. The van der Waals surface area contributed by atoms with Crippen LogP contribution in [0.5, 0.6) is 0 Å². The zero-order chi connectivity index (χ0) is 40.0. The summed E-state index contributed by atoms with van der Waals surface area (Å²) < 4.78 is 7.34. The number of para-hydroxylation sites is 3. The number of aromatic nitrogens is 3. The van der Waals surface area contributed by atoms with E-state index in [4.69, 9.17) is 0 Å². The second-order valence-corrected chi connectivity index (χ2v) is 16.1. The Bertz CT molecular complexity index is 3860. The molecule has 13 rings (SSSR count). The summed E-state index contributed by atoms with van der Waals surface area (Å²) in [5.41, 5.74) is 15.5. The SMILES string of the molecule is c1ccc(-c2ccc3c(c2)c2cc(-n4c5ccccc5c5c(-c6cccc7c6c6ccccc6n7-c6cccc7ccccc67)cccc54)ccc2n3-c2ccccc2)cc1. The van der Waals surface area contributed by atoms with Gasteiger partial charge in [0.2, 0.25) is 0 Å². The summed E-state index contributed by atoms with van der Waals surface area (Å²) in [6, 6.07) is 82.2. The van der Waals surface area contributed by atoms with Gasteiger partial charge in [-0.1, -0.05) is 152 Å². The molecule has 0 fully saturated rings. The van der Waals surface area contributed by atoms with Gasteiger partial charge in [-0.15, -0.1) is 0 Å². The van der Waals surface area contributed by atoms with E-state index in [0.29, 0.717) is 0 Å².